The summed E-state index contributed by atoms with van der Waals surface area (Å²) < 4.78 is 5.68. The van der Waals surface area contributed by atoms with Gasteiger partial charge in [0.1, 0.15) is 12.1 Å². The van der Waals surface area contributed by atoms with Crippen LogP contribution in [0.3, 0.4) is 0 Å². The Morgan fingerprint density at radius 1 is 1.17 bits per heavy atom. The normalized spacial score (nSPS) is 24.7. The number of benzene rings is 1. The van der Waals surface area contributed by atoms with Gasteiger partial charge >= 0.3 is 0 Å². The zero-order valence-electron chi connectivity index (χ0n) is 19.6. The van der Waals surface area contributed by atoms with E-state index in [2.05, 4.69) is 27.1 Å². The van der Waals surface area contributed by atoms with Crippen LogP contribution in [0.2, 0.25) is 5.02 Å². The highest BCUT2D eigenvalue weighted by atomic mass is 35.5. The molecule has 1 aliphatic carbocycles. The van der Waals surface area contributed by atoms with E-state index in [1.807, 2.05) is 29.2 Å². The number of aliphatic hydroxyl groups is 1. The van der Waals surface area contributed by atoms with Gasteiger partial charge in [-0.3, -0.25) is 4.79 Å². The van der Waals surface area contributed by atoms with E-state index >= 15 is 0 Å². The summed E-state index contributed by atoms with van der Waals surface area (Å²) in [6.07, 6.45) is 1.70. The molecule has 1 aromatic heterocycles. The third-order valence-electron chi connectivity index (χ3n) is 7.02. The maximum atomic E-state index is 13.7. The van der Waals surface area contributed by atoms with E-state index in [4.69, 9.17) is 16.3 Å². The first-order valence-corrected chi connectivity index (χ1v) is 12.0. The van der Waals surface area contributed by atoms with Crippen molar-refractivity contribution in [2.45, 2.75) is 37.3 Å². The summed E-state index contributed by atoms with van der Waals surface area (Å²) in [4.78, 5) is 26.8. The van der Waals surface area contributed by atoms with Crippen LogP contribution in [0.1, 0.15) is 48.1 Å². The molecule has 2 aliphatic heterocycles. The van der Waals surface area contributed by atoms with Crippen LogP contribution >= 0.6 is 36.4 Å². The number of nitrogens with zero attached hydrogens (tertiary/aromatic N) is 4. The van der Waals surface area contributed by atoms with Gasteiger partial charge in [0.05, 0.1) is 30.9 Å². The molecule has 8 nitrogen and oxygen atoms in total. The SMILES string of the molecule is C[C@@H]1C[C@H](O)c2ncnc(N3CCN(C(=O)C(c4ccc(Cl)cc4)C4COCCN4)CC3)c21.Cl.Cl. The summed E-state index contributed by atoms with van der Waals surface area (Å²) in [6, 6.07) is 7.48. The van der Waals surface area contributed by atoms with E-state index in [1.165, 1.54) is 6.33 Å². The Hall–Kier alpha value is -1.68. The highest BCUT2D eigenvalue weighted by Gasteiger charge is 2.37. The molecule has 1 amide bonds. The summed E-state index contributed by atoms with van der Waals surface area (Å²) in [6.45, 7) is 6.63. The number of aliphatic hydroxyl groups excluding tert-OH is 1. The van der Waals surface area contributed by atoms with Crippen LogP contribution in [0.4, 0.5) is 5.82 Å². The molecule has 192 valence electrons. The molecule has 2 fully saturated rings. The van der Waals surface area contributed by atoms with E-state index in [-0.39, 0.29) is 48.6 Å². The van der Waals surface area contributed by atoms with Gasteiger partial charge in [-0.2, -0.15) is 0 Å². The number of amides is 1. The Balaban J connectivity index is 0.00000171. The molecule has 11 heteroatoms. The van der Waals surface area contributed by atoms with Crippen molar-refractivity contribution in [2.24, 2.45) is 0 Å². The van der Waals surface area contributed by atoms with Crippen molar-refractivity contribution < 1.29 is 14.6 Å². The topological polar surface area (TPSA) is 90.8 Å². The highest BCUT2D eigenvalue weighted by Crippen LogP contribution is 2.42. The van der Waals surface area contributed by atoms with E-state index in [1.54, 1.807) is 0 Å². The van der Waals surface area contributed by atoms with Crippen molar-refractivity contribution in [3.8, 4) is 0 Å². The molecule has 0 bridgehead atoms. The number of nitrogens with one attached hydrogen (secondary N) is 1. The Morgan fingerprint density at radius 2 is 1.89 bits per heavy atom. The number of anilines is 1. The second-order valence-corrected chi connectivity index (χ2v) is 9.56. The Morgan fingerprint density at radius 3 is 2.54 bits per heavy atom. The minimum atomic E-state index is -0.523. The quantitative estimate of drug-likeness (QED) is 0.612. The minimum Gasteiger partial charge on any atom is -0.387 e. The zero-order chi connectivity index (χ0) is 22.9. The molecule has 0 spiro atoms. The molecule has 2 saturated heterocycles. The third-order valence-corrected chi connectivity index (χ3v) is 7.27. The minimum absolute atomic E-state index is 0. The van der Waals surface area contributed by atoms with Crippen molar-refractivity contribution in [1.82, 2.24) is 20.2 Å². The van der Waals surface area contributed by atoms with Crippen molar-refractivity contribution in [3.63, 3.8) is 0 Å². The molecule has 2 aromatic rings. The van der Waals surface area contributed by atoms with Crippen LogP contribution < -0.4 is 10.2 Å². The third kappa shape index (κ3) is 5.68. The Bertz CT molecular complexity index is 998. The number of aromatic nitrogens is 2. The molecular formula is C24H32Cl3N5O3. The van der Waals surface area contributed by atoms with Gasteiger partial charge in [-0.25, -0.2) is 9.97 Å². The van der Waals surface area contributed by atoms with E-state index in [0.717, 1.165) is 29.2 Å². The lowest BCUT2D eigenvalue weighted by molar-refractivity contribution is -0.134. The lowest BCUT2D eigenvalue weighted by Gasteiger charge is -2.40. The molecule has 0 radical (unpaired) electrons. The summed E-state index contributed by atoms with van der Waals surface area (Å²) in [5.41, 5.74) is 2.75. The van der Waals surface area contributed by atoms with Crippen molar-refractivity contribution in [2.75, 3.05) is 50.8 Å². The van der Waals surface area contributed by atoms with Crippen LogP contribution in [0.5, 0.6) is 0 Å². The van der Waals surface area contributed by atoms with Gasteiger partial charge in [-0.1, -0.05) is 30.7 Å². The summed E-state index contributed by atoms with van der Waals surface area (Å²) in [5.74, 6) is 0.898. The lowest BCUT2D eigenvalue weighted by Crippen LogP contribution is -2.55. The fourth-order valence-corrected chi connectivity index (χ4v) is 5.43. The smallest absolute Gasteiger partial charge is 0.231 e. The molecule has 5 rings (SSSR count). The first kappa shape index (κ1) is 27.9. The second kappa shape index (κ2) is 12.0. The summed E-state index contributed by atoms with van der Waals surface area (Å²) >= 11 is 6.10. The first-order valence-electron chi connectivity index (χ1n) is 11.7. The van der Waals surface area contributed by atoms with Gasteiger partial charge in [0.15, 0.2) is 0 Å². The average Bonchev–Trinajstić information content (AvgIpc) is 3.15. The number of rotatable bonds is 4. The van der Waals surface area contributed by atoms with Crippen LogP contribution in [0.25, 0.3) is 0 Å². The largest absolute Gasteiger partial charge is 0.387 e. The molecule has 3 aliphatic rings. The van der Waals surface area contributed by atoms with Crippen LogP contribution in [-0.4, -0.2) is 77.9 Å². The zero-order valence-corrected chi connectivity index (χ0v) is 22.0. The van der Waals surface area contributed by atoms with Crippen LogP contribution in [0, 0.1) is 0 Å². The van der Waals surface area contributed by atoms with Crippen molar-refractivity contribution in [3.05, 3.63) is 52.4 Å². The fraction of sp³-hybridized carbons (Fsp3) is 0.542. The monoisotopic (exact) mass is 543 g/mol. The first-order chi connectivity index (χ1) is 16.0. The maximum absolute atomic E-state index is 13.7. The number of morpholine rings is 1. The predicted octanol–water partition coefficient (Wildman–Crippen LogP) is 2.94. The maximum Gasteiger partial charge on any atom is 0.231 e. The van der Waals surface area contributed by atoms with Crippen LogP contribution in [0.15, 0.2) is 30.6 Å². The molecular weight excluding hydrogens is 513 g/mol. The molecule has 0 saturated carbocycles. The number of fused-ring (bicyclic) bond motifs is 1. The van der Waals surface area contributed by atoms with Gasteiger partial charge in [-0.15, -0.1) is 24.8 Å². The lowest BCUT2D eigenvalue weighted by atomic mass is 9.89. The number of carbonyl (C=O) groups excluding carboxylic acids is 1. The molecule has 4 atom stereocenters. The number of piperazine rings is 1. The van der Waals surface area contributed by atoms with E-state index in [9.17, 15) is 9.90 Å². The number of hydrogen-bond acceptors (Lipinski definition) is 7. The second-order valence-electron chi connectivity index (χ2n) is 9.13. The van der Waals surface area contributed by atoms with Crippen LogP contribution in [-0.2, 0) is 9.53 Å². The Labute approximate surface area is 223 Å². The summed E-state index contributed by atoms with van der Waals surface area (Å²) in [7, 11) is 0. The van der Waals surface area contributed by atoms with E-state index in [0.29, 0.717) is 50.8 Å². The standard InChI is InChI=1S/C24H30ClN5O3.2ClH/c1-15-12-19(31)22-20(15)23(28-14-27-22)29-7-9-30(10-8-29)24(32)21(18-13-33-11-6-26-18)16-2-4-17(25)5-3-16;;/h2-5,14-15,18-19,21,26,31H,6-13H2,1H3;2*1H/t15-,18?,19+,21?;;/m1../s1. The van der Waals surface area contributed by atoms with Gasteiger partial charge in [0, 0.05) is 49.4 Å². The van der Waals surface area contributed by atoms with E-state index < -0.39 is 6.10 Å². The predicted molar refractivity (Wildman–Crippen MR) is 140 cm³/mol. The number of ether oxygens (including phenoxy) is 1. The van der Waals surface area contributed by atoms with Gasteiger partial charge in [-0.05, 0) is 30.0 Å². The highest BCUT2D eigenvalue weighted by molar-refractivity contribution is 6.30. The molecule has 2 unspecified atom stereocenters. The molecule has 2 N–H and O–H groups in total. The average molecular weight is 545 g/mol. The van der Waals surface area contributed by atoms with Gasteiger partial charge < -0.3 is 25.0 Å². The number of hydrogen-bond donors (Lipinski definition) is 2. The molecule has 35 heavy (non-hydrogen) atoms. The molecule has 1 aromatic carbocycles. The number of halogens is 3. The Kier molecular flexibility index (Phi) is 9.60. The van der Waals surface area contributed by atoms with Gasteiger partial charge in [0.2, 0.25) is 5.91 Å². The van der Waals surface area contributed by atoms with Crippen molar-refractivity contribution >= 4 is 48.1 Å². The van der Waals surface area contributed by atoms with Gasteiger partial charge in [0.25, 0.3) is 0 Å². The molecule has 3 heterocycles. The fourth-order valence-electron chi connectivity index (χ4n) is 5.31. The summed E-state index contributed by atoms with van der Waals surface area (Å²) in [5, 5.41) is 14.4. The number of carbonyl (C=O) groups is 1. The van der Waals surface area contributed by atoms with Crippen molar-refractivity contribution in [1.29, 1.82) is 0 Å².